The Balaban J connectivity index is 1.92. The van der Waals surface area contributed by atoms with E-state index >= 15 is 0 Å². The summed E-state index contributed by atoms with van der Waals surface area (Å²) in [7, 11) is 0. The zero-order valence-electron chi connectivity index (χ0n) is 11.1. The number of carbonyl (C=O) groups is 2. The van der Waals surface area contributed by atoms with Gasteiger partial charge in [0.2, 0.25) is 11.8 Å². The van der Waals surface area contributed by atoms with Crippen LogP contribution in [0, 0.1) is 0 Å². The van der Waals surface area contributed by atoms with Crippen molar-refractivity contribution in [1.82, 2.24) is 15.6 Å². The molecule has 0 saturated heterocycles. The summed E-state index contributed by atoms with van der Waals surface area (Å²) >= 11 is 1.62. The molecule has 0 fully saturated rings. The summed E-state index contributed by atoms with van der Waals surface area (Å²) in [4.78, 5) is 27.6. The summed E-state index contributed by atoms with van der Waals surface area (Å²) in [5.41, 5.74) is 1.87. The molecule has 0 unspecified atom stereocenters. The third-order valence-electron chi connectivity index (χ3n) is 2.59. The summed E-state index contributed by atoms with van der Waals surface area (Å²) in [6, 6.07) is 7.79. The lowest BCUT2D eigenvalue weighted by atomic mass is 10.2. The highest BCUT2D eigenvalue weighted by atomic mass is 32.1. The van der Waals surface area contributed by atoms with Crippen LogP contribution in [0.15, 0.2) is 35.8 Å². The Morgan fingerprint density at radius 1 is 1.30 bits per heavy atom. The van der Waals surface area contributed by atoms with Crippen LogP contribution in [0.5, 0.6) is 0 Å². The Bertz CT molecular complexity index is 596. The normalized spacial score (nSPS) is 10.1. The van der Waals surface area contributed by atoms with E-state index in [2.05, 4.69) is 15.6 Å². The van der Waals surface area contributed by atoms with Gasteiger partial charge >= 0.3 is 0 Å². The Hall–Kier alpha value is -2.21. The molecule has 2 amide bonds. The molecular weight excluding hydrogens is 274 g/mol. The number of carbonyl (C=O) groups excluding carboxylic acids is 2. The molecule has 0 radical (unpaired) electrons. The second kappa shape index (κ2) is 6.81. The molecule has 104 valence electrons. The molecule has 0 aliphatic carbocycles. The van der Waals surface area contributed by atoms with E-state index in [1.165, 1.54) is 6.92 Å². The van der Waals surface area contributed by atoms with Gasteiger partial charge in [-0.15, -0.1) is 11.3 Å². The molecule has 2 aromatic rings. The molecular formula is C14H15N3O2S. The Morgan fingerprint density at radius 3 is 2.85 bits per heavy atom. The third kappa shape index (κ3) is 4.17. The molecule has 5 nitrogen and oxygen atoms in total. The molecule has 0 aliphatic rings. The van der Waals surface area contributed by atoms with E-state index in [-0.39, 0.29) is 18.4 Å². The van der Waals surface area contributed by atoms with Gasteiger partial charge in [0.25, 0.3) is 0 Å². The van der Waals surface area contributed by atoms with Crippen molar-refractivity contribution >= 4 is 23.2 Å². The summed E-state index contributed by atoms with van der Waals surface area (Å²) < 4.78 is 0. The quantitative estimate of drug-likeness (QED) is 0.877. The second-order valence-electron chi connectivity index (χ2n) is 4.21. The van der Waals surface area contributed by atoms with Crippen LogP contribution in [0.4, 0.5) is 0 Å². The summed E-state index contributed by atoms with van der Waals surface area (Å²) in [5.74, 6) is -0.432. The maximum atomic E-state index is 11.5. The molecule has 0 spiro atoms. The van der Waals surface area contributed by atoms with Gasteiger partial charge in [0.15, 0.2) is 0 Å². The van der Waals surface area contributed by atoms with Gasteiger partial charge in [0.05, 0.1) is 17.1 Å². The van der Waals surface area contributed by atoms with Gasteiger partial charge in [-0.2, -0.15) is 0 Å². The number of amides is 2. The highest BCUT2D eigenvalue weighted by Gasteiger charge is 2.04. The fourth-order valence-electron chi connectivity index (χ4n) is 1.61. The number of nitrogens with zero attached hydrogens (tertiary/aromatic N) is 1. The topological polar surface area (TPSA) is 71.1 Å². The molecule has 2 N–H and O–H groups in total. The smallest absolute Gasteiger partial charge is 0.239 e. The lowest BCUT2D eigenvalue weighted by Crippen LogP contribution is -2.35. The molecule has 2 aromatic heterocycles. The minimum Gasteiger partial charge on any atom is -0.350 e. The van der Waals surface area contributed by atoms with E-state index in [1.54, 1.807) is 17.5 Å². The first-order valence-corrected chi connectivity index (χ1v) is 7.03. The number of nitrogens with one attached hydrogen (secondary N) is 2. The SMILES string of the molecule is CC(=O)NCC(=O)NCc1ccnc(-c2cccs2)c1. The molecule has 0 atom stereocenters. The van der Waals surface area contributed by atoms with E-state index in [0.29, 0.717) is 6.54 Å². The largest absolute Gasteiger partial charge is 0.350 e. The van der Waals surface area contributed by atoms with Crippen LogP contribution < -0.4 is 10.6 Å². The van der Waals surface area contributed by atoms with Crippen LogP contribution >= 0.6 is 11.3 Å². The molecule has 6 heteroatoms. The zero-order valence-corrected chi connectivity index (χ0v) is 11.9. The third-order valence-corrected chi connectivity index (χ3v) is 3.48. The fourth-order valence-corrected chi connectivity index (χ4v) is 2.30. The van der Waals surface area contributed by atoms with Crippen molar-refractivity contribution < 1.29 is 9.59 Å². The van der Waals surface area contributed by atoms with Gasteiger partial charge < -0.3 is 10.6 Å². The molecule has 0 aromatic carbocycles. The first-order valence-electron chi connectivity index (χ1n) is 6.15. The molecule has 0 saturated carbocycles. The molecule has 2 heterocycles. The molecule has 20 heavy (non-hydrogen) atoms. The predicted molar refractivity (Wildman–Crippen MR) is 78.1 cm³/mol. The highest BCUT2D eigenvalue weighted by molar-refractivity contribution is 7.13. The number of pyridine rings is 1. The molecule has 0 aliphatic heterocycles. The van der Waals surface area contributed by atoms with Gasteiger partial charge in [-0.25, -0.2) is 0 Å². The van der Waals surface area contributed by atoms with Crippen LogP contribution in [0.2, 0.25) is 0 Å². The standard InChI is InChI=1S/C14H15N3O2S/c1-10(18)16-9-14(19)17-8-11-4-5-15-12(7-11)13-3-2-6-20-13/h2-7H,8-9H2,1H3,(H,16,18)(H,17,19). The number of aromatic nitrogens is 1. The first kappa shape index (κ1) is 14.2. The van der Waals surface area contributed by atoms with Crippen molar-refractivity contribution in [2.45, 2.75) is 13.5 Å². The van der Waals surface area contributed by atoms with Crippen LogP contribution in [-0.2, 0) is 16.1 Å². The van der Waals surface area contributed by atoms with Crippen molar-refractivity contribution in [3.8, 4) is 10.6 Å². The van der Waals surface area contributed by atoms with Crippen LogP contribution in [-0.4, -0.2) is 23.3 Å². The summed E-state index contributed by atoms with van der Waals surface area (Å²) in [6.07, 6.45) is 1.73. The van der Waals surface area contributed by atoms with Gasteiger partial charge in [0, 0.05) is 19.7 Å². The summed E-state index contributed by atoms with van der Waals surface area (Å²) in [5, 5.41) is 7.20. The van der Waals surface area contributed by atoms with E-state index in [1.807, 2.05) is 29.6 Å². The van der Waals surface area contributed by atoms with Crippen molar-refractivity contribution in [1.29, 1.82) is 0 Å². The van der Waals surface area contributed by atoms with Crippen molar-refractivity contribution in [3.05, 3.63) is 41.4 Å². The predicted octanol–water partition coefficient (Wildman–Crippen LogP) is 1.56. The number of hydrogen-bond acceptors (Lipinski definition) is 4. The maximum absolute atomic E-state index is 11.5. The van der Waals surface area contributed by atoms with Crippen LogP contribution in [0.25, 0.3) is 10.6 Å². The van der Waals surface area contributed by atoms with E-state index < -0.39 is 0 Å². The average molecular weight is 289 g/mol. The van der Waals surface area contributed by atoms with E-state index in [0.717, 1.165) is 16.1 Å². The van der Waals surface area contributed by atoms with Gasteiger partial charge in [-0.3, -0.25) is 14.6 Å². The van der Waals surface area contributed by atoms with Crippen molar-refractivity contribution in [2.75, 3.05) is 6.54 Å². The summed E-state index contributed by atoms with van der Waals surface area (Å²) in [6.45, 7) is 1.79. The highest BCUT2D eigenvalue weighted by Crippen LogP contribution is 2.22. The first-order chi connectivity index (χ1) is 9.65. The average Bonchev–Trinajstić information content (AvgIpc) is 2.97. The van der Waals surface area contributed by atoms with Crippen LogP contribution in [0.3, 0.4) is 0 Å². The monoisotopic (exact) mass is 289 g/mol. The Labute approximate surface area is 121 Å². The van der Waals surface area contributed by atoms with Gasteiger partial charge in [-0.1, -0.05) is 6.07 Å². The maximum Gasteiger partial charge on any atom is 0.239 e. The zero-order chi connectivity index (χ0) is 14.4. The van der Waals surface area contributed by atoms with E-state index in [9.17, 15) is 9.59 Å². The van der Waals surface area contributed by atoms with E-state index in [4.69, 9.17) is 0 Å². The fraction of sp³-hybridized carbons (Fsp3) is 0.214. The lowest BCUT2D eigenvalue weighted by Gasteiger charge is -2.06. The van der Waals surface area contributed by atoms with Gasteiger partial charge in [-0.05, 0) is 29.1 Å². The Morgan fingerprint density at radius 2 is 2.15 bits per heavy atom. The minimum atomic E-state index is -0.218. The van der Waals surface area contributed by atoms with Crippen LogP contribution in [0.1, 0.15) is 12.5 Å². The number of rotatable bonds is 5. The minimum absolute atomic E-state index is 0.00179. The Kier molecular flexibility index (Phi) is 4.84. The van der Waals surface area contributed by atoms with Gasteiger partial charge in [0.1, 0.15) is 0 Å². The number of hydrogen-bond donors (Lipinski definition) is 2. The van der Waals surface area contributed by atoms with Crippen molar-refractivity contribution in [3.63, 3.8) is 0 Å². The molecule has 0 bridgehead atoms. The lowest BCUT2D eigenvalue weighted by molar-refractivity contribution is -0.125. The van der Waals surface area contributed by atoms with Crippen molar-refractivity contribution in [2.24, 2.45) is 0 Å². The second-order valence-corrected chi connectivity index (χ2v) is 5.16. The molecule has 2 rings (SSSR count). The number of thiophene rings is 1.